The van der Waals surface area contributed by atoms with Gasteiger partial charge in [0.25, 0.3) is 0 Å². The van der Waals surface area contributed by atoms with Crippen LogP contribution in [0, 0.1) is 11.3 Å². The lowest BCUT2D eigenvalue weighted by Gasteiger charge is -2.28. The summed E-state index contributed by atoms with van der Waals surface area (Å²) in [6.45, 7) is 6.38. The maximum absolute atomic E-state index is 11.9. The summed E-state index contributed by atoms with van der Waals surface area (Å²) in [4.78, 5) is 11.9. The predicted octanol–water partition coefficient (Wildman–Crippen LogP) is 1.71. The van der Waals surface area contributed by atoms with Crippen LogP contribution in [0.4, 0.5) is 0 Å². The van der Waals surface area contributed by atoms with E-state index in [0.29, 0.717) is 11.5 Å². The van der Waals surface area contributed by atoms with Gasteiger partial charge in [-0.15, -0.1) is 12.4 Å². The molecule has 1 aliphatic heterocycles. The minimum Gasteiger partial charge on any atom is -0.353 e. The molecule has 0 spiro atoms. The van der Waals surface area contributed by atoms with E-state index in [-0.39, 0.29) is 24.2 Å². The van der Waals surface area contributed by atoms with Gasteiger partial charge in [0, 0.05) is 12.6 Å². The first-order valence-corrected chi connectivity index (χ1v) is 6.11. The molecule has 16 heavy (non-hydrogen) atoms. The van der Waals surface area contributed by atoms with Gasteiger partial charge in [-0.25, -0.2) is 0 Å². The Hall–Kier alpha value is -0.280. The summed E-state index contributed by atoms with van der Waals surface area (Å²) in [7, 11) is 0. The van der Waals surface area contributed by atoms with Crippen LogP contribution in [0.5, 0.6) is 0 Å². The van der Waals surface area contributed by atoms with Gasteiger partial charge in [-0.2, -0.15) is 0 Å². The van der Waals surface area contributed by atoms with Crippen molar-refractivity contribution in [2.75, 3.05) is 13.1 Å². The molecule has 1 amide bonds. The normalized spacial score (nSPS) is 32.1. The van der Waals surface area contributed by atoms with Crippen molar-refractivity contribution in [2.45, 2.75) is 45.6 Å². The fourth-order valence-electron chi connectivity index (χ4n) is 2.76. The van der Waals surface area contributed by atoms with E-state index < -0.39 is 0 Å². The summed E-state index contributed by atoms with van der Waals surface area (Å²) in [5, 5.41) is 6.47. The number of carbonyl (C=O) groups excluding carboxylic acids is 1. The van der Waals surface area contributed by atoms with Gasteiger partial charge in [0.1, 0.15) is 0 Å². The molecule has 4 heteroatoms. The SMILES string of the molecule is CC1(C)CCCC1NC(=O)C1CCNC1.Cl. The van der Waals surface area contributed by atoms with Gasteiger partial charge in [-0.05, 0) is 31.2 Å². The first-order chi connectivity index (χ1) is 7.09. The topological polar surface area (TPSA) is 41.1 Å². The van der Waals surface area contributed by atoms with Gasteiger partial charge in [0.05, 0.1) is 5.92 Å². The Morgan fingerprint density at radius 2 is 2.12 bits per heavy atom. The Bertz CT molecular complexity index is 249. The van der Waals surface area contributed by atoms with Crippen molar-refractivity contribution in [3.05, 3.63) is 0 Å². The van der Waals surface area contributed by atoms with E-state index in [9.17, 15) is 4.79 Å². The summed E-state index contributed by atoms with van der Waals surface area (Å²) < 4.78 is 0. The number of carbonyl (C=O) groups is 1. The zero-order chi connectivity index (χ0) is 10.9. The van der Waals surface area contributed by atoms with E-state index in [1.807, 2.05) is 0 Å². The zero-order valence-corrected chi connectivity index (χ0v) is 11.0. The number of hydrogen-bond acceptors (Lipinski definition) is 2. The first kappa shape index (κ1) is 13.8. The molecule has 1 saturated heterocycles. The fraction of sp³-hybridized carbons (Fsp3) is 0.917. The molecule has 2 rings (SSSR count). The molecule has 2 fully saturated rings. The monoisotopic (exact) mass is 246 g/mol. The molecule has 0 radical (unpaired) electrons. The third-order valence-corrected chi connectivity index (χ3v) is 4.00. The largest absolute Gasteiger partial charge is 0.353 e. The highest BCUT2D eigenvalue weighted by molar-refractivity contribution is 5.85. The van der Waals surface area contributed by atoms with Crippen molar-refractivity contribution < 1.29 is 4.79 Å². The second-order valence-corrected chi connectivity index (χ2v) is 5.63. The van der Waals surface area contributed by atoms with Crippen LogP contribution in [0.3, 0.4) is 0 Å². The van der Waals surface area contributed by atoms with Gasteiger partial charge < -0.3 is 10.6 Å². The molecular formula is C12H23ClN2O. The Balaban J connectivity index is 0.00000128. The van der Waals surface area contributed by atoms with E-state index in [2.05, 4.69) is 24.5 Å². The maximum atomic E-state index is 11.9. The van der Waals surface area contributed by atoms with Gasteiger partial charge in [-0.1, -0.05) is 20.3 Å². The van der Waals surface area contributed by atoms with Crippen molar-refractivity contribution >= 4 is 18.3 Å². The number of halogens is 1. The van der Waals surface area contributed by atoms with Crippen molar-refractivity contribution in [1.82, 2.24) is 10.6 Å². The lowest BCUT2D eigenvalue weighted by molar-refractivity contribution is -0.125. The molecule has 2 unspecified atom stereocenters. The third kappa shape index (κ3) is 2.89. The summed E-state index contributed by atoms with van der Waals surface area (Å²) in [6, 6.07) is 0.394. The Morgan fingerprint density at radius 3 is 2.62 bits per heavy atom. The van der Waals surface area contributed by atoms with Crippen LogP contribution >= 0.6 is 12.4 Å². The molecule has 2 atom stereocenters. The van der Waals surface area contributed by atoms with Crippen LogP contribution in [0.15, 0.2) is 0 Å². The first-order valence-electron chi connectivity index (χ1n) is 6.11. The van der Waals surface area contributed by atoms with E-state index in [1.165, 1.54) is 12.8 Å². The Morgan fingerprint density at radius 1 is 1.38 bits per heavy atom. The quantitative estimate of drug-likeness (QED) is 0.779. The minimum atomic E-state index is 0. The molecule has 1 heterocycles. The molecule has 94 valence electrons. The Labute approximate surface area is 104 Å². The summed E-state index contributed by atoms with van der Waals surface area (Å²) >= 11 is 0. The van der Waals surface area contributed by atoms with Crippen molar-refractivity contribution in [1.29, 1.82) is 0 Å². The number of amides is 1. The summed E-state index contributed by atoms with van der Waals surface area (Å²) in [6.07, 6.45) is 4.64. The highest BCUT2D eigenvalue weighted by Crippen LogP contribution is 2.37. The van der Waals surface area contributed by atoms with Gasteiger partial charge in [-0.3, -0.25) is 4.79 Å². The average Bonchev–Trinajstić information content (AvgIpc) is 2.76. The van der Waals surface area contributed by atoms with Crippen molar-refractivity contribution in [2.24, 2.45) is 11.3 Å². The summed E-state index contributed by atoms with van der Waals surface area (Å²) in [5.74, 6) is 0.473. The van der Waals surface area contributed by atoms with E-state index in [4.69, 9.17) is 0 Å². The van der Waals surface area contributed by atoms with Crippen LogP contribution < -0.4 is 10.6 Å². The summed E-state index contributed by atoms with van der Waals surface area (Å²) in [5.41, 5.74) is 0.293. The van der Waals surface area contributed by atoms with Gasteiger partial charge in [0.2, 0.25) is 5.91 Å². The standard InChI is InChI=1S/C12H22N2O.ClH/c1-12(2)6-3-4-10(12)14-11(15)9-5-7-13-8-9;/h9-10,13H,3-8H2,1-2H3,(H,14,15);1H. The van der Waals surface area contributed by atoms with Gasteiger partial charge in [0.15, 0.2) is 0 Å². The lowest BCUT2D eigenvalue weighted by Crippen LogP contribution is -2.44. The fourth-order valence-corrected chi connectivity index (χ4v) is 2.76. The molecule has 1 aliphatic carbocycles. The molecule has 0 aromatic carbocycles. The molecule has 2 aliphatic rings. The van der Waals surface area contributed by atoms with E-state index in [1.54, 1.807) is 0 Å². The second-order valence-electron chi connectivity index (χ2n) is 5.63. The maximum Gasteiger partial charge on any atom is 0.224 e. The van der Waals surface area contributed by atoms with Crippen LogP contribution in [-0.2, 0) is 4.79 Å². The zero-order valence-electron chi connectivity index (χ0n) is 10.2. The van der Waals surface area contributed by atoms with Crippen molar-refractivity contribution in [3.63, 3.8) is 0 Å². The number of nitrogens with one attached hydrogen (secondary N) is 2. The van der Waals surface area contributed by atoms with Crippen LogP contribution in [0.1, 0.15) is 39.5 Å². The third-order valence-electron chi connectivity index (χ3n) is 4.00. The van der Waals surface area contributed by atoms with Crippen molar-refractivity contribution in [3.8, 4) is 0 Å². The van der Waals surface area contributed by atoms with Crippen LogP contribution in [-0.4, -0.2) is 25.0 Å². The van der Waals surface area contributed by atoms with E-state index in [0.717, 1.165) is 25.9 Å². The second kappa shape index (κ2) is 5.37. The van der Waals surface area contributed by atoms with Gasteiger partial charge >= 0.3 is 0 Å². The highest BCUT2D eigenvalue weighted by atomic mass is 35.5. The lowest BCUT2D eigenvalue weighted by atomic mass is 9.87. The number of hydrogen-bond donors (Lipinski definition) is 2. The smallest absolute Gasteiger partial charge is 0.224 e. The van der Waals surface area contributed by atoms with Crippen LogP contribution in [0.2, 0.25) is 0 Å². The molecule has 3 nitrogen and oxygen atoms in total. The molecule has 1 saturated carbocycles. The molecule has 2 N–H and O–H groups in total. The molecule has 0 aromatic heterocycles. The molecule has 0 aromatic rings. The Kier molecular flexibility index (Phi) is 4.62. The predicted molar refractivity (Wildman–Crippen MR) is 67.8 cm³/mol. The average molecular weight is 247 g/mol. The van der Waals surface area contributed by atoms with E-state index >= 15 is 0 Å². The molecule has 0 bridgehead atoms. The molecular weight excluding hydrogens is 224 g/mol. The highest BCUT2D eigenvalue weighted by Gasteiger charge is 2.36. The van der Waals surface area contributed by atoms with Crippen LogP contribution in [0.25, 0.3) is 0 Å². The minimum absolute atomic E-state index is 0. The number of rotatable bonds is 2.